The van der Waals surface area contributed by atoms with Crippen molar-refractivity contribution in [2.75, 3.05) is 15.8 Å². The highest BCUT2D eigenvalue weighted by atomic mass is 32.2. The number of aryl methyl sites for hydroxylation is 1. The topological polar surface area (TPSA) is 102 Å². The van der Waals surface area contributed by atoms with Crippen LogP contribution in [0.1, 0.15) is 33.4 Å². The SMILES string of the molecule is CCS(=O)(=O)Nc1ccc(-c2cc(Nc3cncc(C)n3)n(C(C)(C)C)n2)cc1. The molecule has 29 heavy (non-hydrogen) atoms. The lowest BCUT2D eigenvalue weighted by Gasteiger charge is -2.22. The van der Waals surface area contributed by atoms with Crippen molar-refractivity contribution >= 4 is 27.3 Å². The molecule has 2 N–H and O–H groups in total. The molecule has 0 amide bonds. The summed E-state index contributed by atoms with van der Waals surface area (Å²) >= 11 is 0. The van der Waals surface area contributed by atoms with Crippen molar-refractivity contribution in [3.63, 3.8) is 0 Å². The lowest BCUT2D eigenvalue weighted by molar-refractivity contribution is 0.362. The molecule has 3 rings (SSSR count). The normalized spacial score (nSPS) is 12.0. The summed E-state index contributed by atoms with van der Waals surface area (Å²) in [4.78, 5) is 8.62. The standard InChI is InChI=1S/C20H26N6O2S/c1-6-29(27,28)25-16-9-7-15(8-10-16)17-11-19(26(24-17)20(3,4)5)23-18-13-21-12-14(2)22-18/h7-13,25H,6H2,1-5H3,(H,22,23). The van der Waals surface area contributed by atoms with Crippen LogP contribution in [0.5, 0.6) is 0 Å². The zero-order valence-electron chi connectivity index (χ0n) is 17.3. The molecule has 0 aliphatic rings. The van der Waals surface area contributed by atoms with Gasteiger partial charge in [-0.3, -0.25) is 9.71 Å². The predicted molar refractivity (Wildman–Crippen MR) is 116 cm³/mol. The molecular weight excluding hydrogens is 388 g/mol. The molecule has 3 aromatic rings. The lowest BCUT2D eigenvalue weighted by Crippen LogP contribution is -2.24. The van der Waals surface area contributed by atoms with Crippen LogP contribution < -0.4 is 10.0 Å². The van der Waals surface area contributed by atoms with Gasteiger partial charge in [0.1, 0.15) is 11.6 Å². The molecule has 0 aliphatic heterocycles. The quantitative estimate of drug-likeness (QED) is 0.634. The van der Waals surface area contributed by atoms with Crippen molar-refractivity contribution < 1.29 is 8.42 Å². The summed E-state index contributed by atoms with van der Waals surface area (Å²) in [5, 5.41) is 8.05. The largest absolute Gasteiger partial charge is 0.324 e. The number of benzene rings is 1. The number of nitrogens with one attached hydrogen (secondary N) is 2. The fourth-order valence-electron chi connectivity index (χ4n) is 2.74. The van der Waals surface area contributed by atoms with E-state index in [-0.39, 0.29) is 11.3 Å². The zero-order chi connectivity index (χ0) is 21.2. The van der Waals surface area contributed by atoms with E-state index in [1.54, 1.807) is 31.5 Å². The molecule has 0 unspecified atom stereocenters. The average Bonchev–Trinajstić information content (AvgIpc) is 3.06. The van der Waals surface area contributed by atoms with Crippen LogP contribution in [-0.4, -0.2) is 33.9 Å². The number of hydrogen-bond donors (Lipinski definition) is 2. The van der Waals surface area contributed by atoms with Gasteiger partial charge in [0.05, 0.1) is 28.9 Å². The molecule has 9 heteroatoms. The number of hydrogen-bond acceptors (Lipinski definition) is 6. The van der Waals surface area contributed by atoms with E-state index in [1.807, 2.05) is 29.8 Å². The molecule has 0 aliphatic carbocycles. The highest BCUT2D eigenvalue weighted by Gasteiger charge is 2.21. The minimum atomic E-state index is -3.30. The number of sulfonamides is 1. The fraction of sp³-hybridized carbons (Fsp3) is 0.350. The second-order valence-corrected chi connectivity index (χ2v) is 9.76. The van der Waals surface area contributed by atoms with Crippen molar-refractivity contribution in [2.45, 2.75) is 40.2 Å². The monoisotopic (exact) mass is 414 g/mol. The summed E-state index contributed by atoms with van der Waals surface area (Å²) in [6.45, 7) is 9.69. The predicted octanol–water partition coefficient (Wildman–Crippen LogP) is 3.91. The zero-order valence-corrected chi connectivity index (χ0v) is 18.1. The van der Waals surface area contributed by atoms with Gasteiger partial charge in [-0.2, -0.15) is 5.10 Å². The number of rotatable bonds is 6. The lowest BCUT2D eigenvalue weighted by atomic mass is 10.1. The minimum absolute atomic E-state index is 0.0294. The highest BCUT2D eigenvalue weighted by Crippen LogP contribution is 2.29. The summed E-state index contributed by atoms with van der Waals surface area (Å²) < 4.78 is 27.9. The van der Waals surface area contributed by atoms with E-state index in [0.717, 1.165) is 22.8 Å². The molecule has 0 spiro atoms. The number of aromatic nitrogens is 4. The first kappa shape index (κ1) is 20.8. The molecule has 0 bridgehead atoms. The van der Waals surface area contributed by atoms with Gasteiger partial charge in [-0.15, -0.1) is 0 Å². The molecular formula is C20H26N6O2S. The van der Waals surface area contributed by atoms with Gasteiger partial charge >= 0.3 is 0 Å². The average molecular weight is 415 g/mol. The van der Waals surface area contributed by atoms with Gasteiger partial charge in [-0.1, -0.05) is 12.1 Å². The van der Waals surface area contributed by atoms with E-state index in [0.29, 0.717) is 11.5 Å². The van der Waals surface area contributed by atoms with Crippen molar-refractivity contribution in [3.8, 4) is 11.3 Å². The number of nitrogens with zero attached hydrogens (tertiary/aromatic N) is 4. The minimum Gasteiger partial charge on any atom is -0.324 e. The van der Waals surface area contributed by atoms with Gasteiger partial charge in [0, 0.05) is 23.5 Å². The van der Waals surface area contributed by atoms with E-state index in [2.05, 4.69) is 40.8 Å². The van der Waals surface area contributed by atoms with E-state index in [1.165, 1.54) is 0 Å². The van der Waals surface area contributed by atoms with Crippen LogP contribution in [0, 0.1) is 6.92 Å². The van der Waals surface area contributed by atoms with Crippen LogP contribution >= 0.6 is 0 Å². The van der Waals surface area contributed by atoms with Crippen LogP contribution in [0.4, 0.5) is 17.3 Å². The molecule has 0 radical (unpaired) electrons. The maximum atomic E-state index is 11.7. The molecule has 0 fully saturated rings. The van der Waals surface area contributed by atoms with Gasteiger partial charge in [-0.25, -0.2) is 18.1 Å². The van der Waals surface area contributed by atoms with Gasteiger partial charge in [0.15, 0.2) is 0 Å². The highest BCUT2D eigenvalue weighted by molar-refractivity contribution is 7.92. The second kappa shape index (κ2) is 7.82. The third kappa shape index (κ3) is 5.11. The Kier molecular flexibility index (Phi) is 5.61. The Morgan fingerprint density at radius 3 is 2.38 bits per heavy atom. The van der Waals surface area contributed by atoms with Gasteiger partial charge in [0.25, 0.3) is 0 Å². The third-order valence-electron chi connectivity index (χ3n) is 4.19. The molecule has 8 nitrogen and oxygen atoms in total. The molecule has 0 saturated carbocycles. The Bertz CT molecular complexity index is 1100. The van der Waals surface area contributed by atoms with Crippen LogP contribution in [0.3, 0.4) is 0 Å². The number of anilines is 3. The maximum absolute atomic E-state index is 11.7. The Balaban J connectivity index is 1.93. The first-order valence-electron chi connectivity index (χ1n) is 9.34. The van der Waals surface area contributed by atoms with Crippen LogP contribution in [0.25, 0.3) is 11.3 Å². The van der Waals surface area contributed by atoms with Gasteiger partial charge < -0.3 is 5.32 Å². The molecule has 0 saturated heterocycles. The Morgan fingerprint density at radius 2 is 1.79 bits per heavy atom. The van der Waals surface area contributed by atoms with Crippen molar-refractivity contribution in [3.05, 3.63) is 48.4 Å². The summed E-state index contributed by atoms with van der Waals surface area (Å²) in [7, 11) is -3.30. The molecule has 154 valence electrons. The van der Waals surface area contributed by atoms with Crippen LogP contribution in [0.15, 0.2) is 42.7 Å². The molecule has 2 heterocycles. The Hall–Kier alpha value is -2.94. The van der Waals surface area contributed by atoms with Gasteiger partial charge in [-0.05, 0) is 46.8 Å². The van der Waals surface area contributed by atoms with Crippen LogP contribution in [-0.2, 0) is 15.6 Å². The molecule has 0 atom stereocenters. The van der Waals surface area contributed by atoms with Crippen molar-refractivity contribution in [2.24, 2.45) is 0 Å². The van der Waals surface area contributed by atoms with Crippen molar-refractivity contribution in [1.29, 1.82) is 0 Å². The Morgan fingerprint density at radius 1 is 1.10 bits per heavy atom. The molecule has 1 aromatic carbocycles. The summed E-state index contributed by atoms with van der Waals surface area (Å²) in [6.07, 6.45) is 3.37. The second-order valence-electron chi connectivity index (χ2n) is 7.75. The summed E-state index contributed by atoms with van der Waals surface area (Å²) in [5.74, 6) is 1.47. The first-order chi connectivity index (χ1) is 13.6. The van der Waals surface area contributed by atoms with E-state index in [4.69, 9.17) is 5.10 Å². The molecule has 2 aromatic heterocycles. The summed E-state index contributed by atoms with van der Waals surface area (Å²) in [6, 6.07) is 9.11. The third-order valence-corrected chi connectivity index (χ3v) is 5.50. The van der Waals surface area contributed by atoms with E-state index >= 15 is 0 Å². The smallest absolute Gasteiger partial charge is 0.232 e. The van der Waals surface area contributed by atoms with E-state index < -0.39 is 10.0 Å². The van der Waals surface area contributed by atoms with E-state index in [9.17, 15) is 8.42 Å². The maximum Gasteiger partial charge on any atom is 0.232 e. The van der Waals surface area contributed by atoms with Crippen molar-refractivity contribution in [1.82, 2.24) is 19.7 Å². The van der Waals surface area contributed by atoms with Crippen LogP contribution in [0.2, 0.25) is 0 Å². The van der Waals surface area contributed by atoms with Gasteiger partial charge in [0.2, 0.25) is 10.0 Å². The summed E-state index contributed by atoms with van der Waals surface area (Å²) in [5.41, 5.74) is 2.74. The fourth-order valence-corrected chi connectivity index (χ4v) is 3.38. The first-order valence-corrected chi connectivity index (χ1v) is 11.0. The Labute approximate surface area is 171 Å².